The molecule has 2 rings (SSSR count). The highest BCUT2D eigenvalue weighted by molar-refractivity contribution is 5.87. The van der Waals surface area contributed by atoms with E-state index in [1.165, 1.54) is 0 Å². The zero-order valence-electron chi connectivity index (χ0n) is 8.49. The van der Waals surface area contributed by atoms with Gasteiger partial charge in [0, 0.05) is 19.4 Å². The quantitative estimate of drug-likeness (QED) is 0.738. The fourth-order valence-electron chi connectivity index (χ4n) is 1.31. The Kier molecular flexibility index (Phi) is 2.73. The number of rotatable bonds is 4. The minimum absolute atomic E-state index is 0.485. The number of hydrogen-bond donors (Lipinski definition) is 2. The zero-order valence-corrected chi connectivity index (χ0v) is 8.49. The highest BCUT2D eigenvalue weighted by Crippen LogP contribution is 2.20. The van der Waals surface area contributed by atoms with Crippen molar-refractivity contribution in [2.24, 2.45) is 0 Å². The van der Waals surface area contributed by atoms with E-state index in [4.69, 9.17) is 15.2 Å². The Hall–Kier alpha value is -1.75. The highest BCUT2D eigenvalue weighted by Gasteiger charge is 2.03. The van der Waals surface area contributed by atoms with E-state index in [-0.39, 0.29) is 0 Å². The first-order valence-corrected chi connectivity index (χ1v) is 4.66. The lowest BCUT2D eigenvalue weighted by Gasteiger charge is -2.04. The molecule has 0 bridgehead atoms. The molecule has 0 aliphatic heterocycles. The maximum absolute atomic E-state index is 5.73. The molecule has 0 spiro atoms. The fraction of sp³-hybridized carbons (Fsp3) is 0.300. The first kappa shape index (κ1) is 9.79. The largest absolute Gasteiger partial charge is 0.475 e. The molecule has 0 atom stereocenters. The Morgan fingerprint density at radius 2 is 2.27 bits per heavy atom. The van der Waals surface area contributed by atoms with Gasteiger partial charge in [0.05, 0.1) is 17.8 Å². The van der Waals surface area contributed by atoms with Gasteiger partial charge in [0.2, 0.25) is 5.88 Å². The SMILES string of the molecule is COCCOc1ccc2[nH]cc(N)c2n1. The molecule has 0 radical (unpaired) electrons. The van der Waals surface area contributed by atoms with Crippen LogP contribution in [0.1, 0.15) is 0 Å². The lowest BCUT2D eigenvalue weighted by Crippen LogP contribution is -2.05. The second-order valence-corrected chi connectivity index (χ2v) is 3.13. The van der Waals surface area contributed by atoms with E-state index in [9.17, 15) is 0 Å². The molecule has 5 nitrogen and oxygen atoms in total. The van der Waals surface area contributed by atoms with E-state index in [0.29, 0.717) is 24.8 Å². The molecule has 15 heavy (non-hydrogen) atoms. The summed E-state index contributed by atoms with van der Waals surface area (Å²) in [5.41, 5.74) is 8.00. The average Bonchev–Trinajstić information content (AvgIpc) is 2.61. The predicted molar refractivity (Wildman–Crippen MR) is 57.9 cm³/mol. The fourth-order valence-corrected chi connectivity index (χ4v) is 1.31. The molecule has 5 heteroatoms. The minimum atomic E-state index is 0.485. The number of aromatic nitrogens is 2. The van der Waals surface area contributed by atoms with Gasteiger partial charge in [-0.1, -0.05) is 0 Å². The average molecular weight is 207 g/mol. The number of ether oxygens (including phenoxy) is 2. The van der Waals surface area contributed by atoms with Gasteiger partial charge < -0.3 is 20.2 Å². The molecule has 0 saturated heterocycles. The number of nitrogens with one attached hydrogen (secondary N) is 1. The van der Waals surface area contributed by atoms with Gasteiger partial charge >= 0.3 is 0 Å². The van der Waals surface area contributed by atoms with Gasteiger partial charge in [-0.2, -0.15) is 0 Å². The van der Waals surface area contributed by atoms with Crippen LogP contribution in [0, 0.1) is 0 Å². The molecule has 0 aliphatic rings. The molecule has 3 N–H and O–H groups in total. The summed E-state index contributed by atoms with van der Waals surface area (Å²) in [5, 5.41) is 0. The molecule has 0 saturated carbocycles. The molecule has 0 aliphatic carbocycles. The maximum Gasteiger partial charge on any atom is 0.214 e. The van der Waals surface area contributed by atoms with Crippen LogP contribution in [0.15, 0.2) is 18.3 Å². The third kappa shape index (κ3) is 2.02. The number of pyridine rings is 1. The second-order valence-electron chi connectivity index (χ2n) is 3.13. The van der Waals surface area contributed by atoms with Crippen LogP contribution >= 0.6 is 0 Å². The van der Waals surface area contributed by atoms with Crippen LogP contribution in [-0.4, -0.2) is 30.3 Å². The first-order valence-electron chi connectivity index (χ1n) is 4.66. The van der Waals surface area contributed by atoms with Gasteiger partial charge in [0.15, 0.2) is 0 Å². The van der Waals surface area contributed by atoms with Crippen molar-refractivity contribution >= 4 is 16.7 Å². The third-order valence-electron chi connectivity index (χ3n) is 2.06. The smallest absolute Gasteiger partial charge is 0.214 e. The van der Waals surface area contributed by atoms with E-state index in [1.54, 1.807) is 19.4 Å². The van der Waals surface area contributed by atoms with Crippen molar-refractivity contribution in [1.82, 2.24) is 9.97 Å². The maximum atomic E-state index is 5.73. The Balaban J connectivity index is 2.18. The van der Waals surface area contributed by atoms with Gasteiger partial charge in [0.1, 0.15) is 12.1 Å². The first-order chi connectivity index (χ1) is 7.31. The lowest BCUT2D eigenvalue weighted by atomic mass is 10.3. The summed E-state index contributed by atoms with van der Waals surface area (Å²) in [4.78, 5) is 7.29. The Morgan fingerprint density at radius 3 is 3.07 bits per heavy atom. The molecular weight excluding hydrogens is 194 g/mol. The van der Waals surface area contributed by atoms with Crippen LogP contribution in [0.5, 0.6) is 5.88 Å². The van der Waals surface area contributed by atoms with Crippen molar-refractivity contribution < 1.29 is 9.47 Å². The van der Waals surface area contributed by atoms with Crippen LogP contribution in [0.4, 0.5) is 5.69 Å². The van der Waals surface area contributed by atoms with E-state index in [0.717, 1.165) is 11.0 Å². The van der Waals surface area contributed by atoms with Crippen molar-refractivity contribution in [3.8, 4) is 5.88 Å². The molecule has 0 aromatic carbocycles. The van der Waals surface area contributed by atoms with Gasteiger partial charge in [-0.05, 0) is 6.07 Å². The third-order valence-corrected chi connectivity index (χ3v) is 2.06. The van der Waals surface area contributed by atoms with Crippen LogP contribution < -0.4 is 10.5 Å². The summed E-state index contributed by atoms with van der Waals surface area (Å²) in [6, 6.07) is 3.69. The number of nitrogens with zero attached hydrogens (tertiary/aromatic N) is 1. The zero-order chi connectivity index (χ0) is 10.7. The molecule has 0 fully saturated rings. The molecule has 2 aromatic rings. The predicted octanol–water partition coefficient (Wildman–Crippen LogP) is 1.17. The topological polar surface area (TPSA) is 73.2 Å². The monoisotopic (exact) mass is 207 g/mol. The summed E-state index contributed by atoms with van der Waals surface area (Å²) < 4.78 is 10.2. The minimum Gasteiger partial charge on any atom is -0.475 e. The summed E-state index contributed by atoms with van der Waals surface area (Å²) in [6.45, 7) is 1.03. The van der Waals surface area contributed by atoms with E-state index >= 15 is 0 Å². The van der Waals surface area contributed by atoms with Crippen molar-refractivity contribution in [2.75, 3.05) is 26.1 Å². The Labute approximate surface area is 87.2 Å². The number of hydrogen-bond acceptors (Lipinski definition) is 4. The van der Waals surface area contributed by atoms with Gasteiger partial charge in [0.25, 0.3) is 0 Å². The van der Waals surface area contributed by atoms with E-state index < -0.39 is 0 Å². The number of methoxy groups -OCH3 is 1. The number of nitrogens with two attached hydrogens (primary N) is 1. The summed E-state index contributed by atoms with van der Waals surface area (Å²) in [6.07, 6.45) is 1.72. The van der Waals surface area contributed by atoms with Crippen molar-refractivity contribution in [3.05, 3.63) is 18.3 Å². The summed E-state index contributed by atoms with van der Waals surface area (Å²) in [5.74, 6) is 0.561. The molecule has 0 unspecified atom stereocenters. The summed E-state index contributed by atoms with van der Waals surface area (Å²) >= 11 is 0. The lowest BCUT2D eigenvalue weighted by molar-refractivity contribution is 0.144. The van der Waals surface area contributed by atoms with Gasteiger partial charge in [-0.3, -0.25) is 0 Å². The van der Waals surface area contributed by atoms with Crippen molar-refractivity contribution in [2.45, 2.75) is 0 Å². The number of fused-ring (bicyclic) bond motifs is 1. The van der Waals surface area contributed by atoms with Gasteiger partial charge in [-0.25, -0.2) is 4.98 Å². The van der Waals surface area contributed by atoms with Crippen molar-refractivity contribution in [3.63, 3.8) is 0 Å². The van der Waals surface area contributed by atoms with Gasteiger partial charge in [-0.15, -0.1) is 0 Å². The van der Waals surface area contributed by atoms with E-state index in [2.05, 4.69) is 9.97 Å². The normalized spacial score (nSPS) is 10.7. The Morgan fingerprint density at radius 1 is 1.40 bits per heavy atom. The van der Waals surface area contributed by atoms with Crippen LogP contribution in [0.2, 0.25) is 0 Å². The molecule has 2 aromatic heterocycles. The molecule has 0 amide bonds. The van der Waals surface area contributed by atoms with Crippen molar-refractivity contribution in [1.29, 1.82) is 0 Å². The second kappa shape index (κ2) is 4.18. The number of anilines is 1. The summed E-state index contributed by atoms with van der Waals surface area (Å²) in [7, 11) is 1.63. The standard InChI is InChI=1S/C10H13N3O2/c1-14-4-5-15-9-3-2-8-10(13-9)7(11)6-12-8/h2-3,6,12H,4-5,11H2,1H3. The van der Waals surface area contributed by atoms with E-state index in [1.807, 2.05) is 6.07 Å². The van der Waals surface area contributed by atoms with Crippen LogP contribution in [0.3, 0.4) is 0 Å². The molecular formula is C10H13N3O2. The van der Waals surface area contributed by atoms with Crippen LogP contribution in [-0.2, 0) is 4.74 Å². The Bertz CT molecular complexity index is 453. The molecule has 2 heterocycles. The highest BCUT2D eigenvalue weighted by atomic mass is 16.5. The number of aromatic amines is 1. The number of nitrogen functional groups attached to an aromatic ring is 1. The number of H-pyrrole nitrogens is 1. The van der Waals surface area contributed by atoms with Crippen LogP contribution in [0.25, 0.3) is 11.0 Å². The molecule has 80 valence electrons.